The number of ether oxygens (including phenoxy) is 3. The van der Waals surface area contributed by atoms with Gasteiger partial charge in [0.15, 0.2) is 11.5 Å². The summed E-state index contributed by atoms with van der Waals surface area (Å²) in [6, 6.07) is 0. The van der Waals surface area contributed by atoms with Gasteiger partial charge in [-0.15, -0.1) is 0 Å². The first-order valence-electron chi connectivity index (χ1n) is 6.45. The van der Waals surface area contributed by atoms with E-state index in [2.05, 4.69) is 15.9 Å². The Morgan fingerprint density at radius 2 is 2.05 bits per heavy atom. The van der Waals surface area contributed by atoms with Crippen molar-refractivity contribution in [1.29, 1.82) is 0 Å². The number of methoxy groups -OCH3 is 2. The van der Waals surface area contributed by atoms with Crippen molar-refractivity contribution in [2.24, 2.45) is 5.41 Å². The summed E-state index contributed by atoms with van der Waals surface area (Å²) in [6.07, 6.45) is 0.977. The Morgan fingerprint density at radius 3 is 2.62 bits per heavy atom. The zero-order valence-corrected chi connectivity index (χ0v) is 14.0. The smallest absolute Gasteiger partial charge is 0.237 e. The van der Waals surface area contributed by atoms with Gasteiger partial charge in [0.2, 0.25) is 5.43 Å². The zero-order valence-electron chi connectivity index (χ0n) is 12.4. The predicted octanol–water partition coefficient (Wildman–Crippen LogP) is 1.89. The van der Waals surface area contributed by atoms with Gasteiger partial charge in [0, 0.05) is 13.3 Å². The molecule has 0 saturated carbocycles. The van der Waals surface area contributed by atoms with Gasteiger partial charge >= 0.3 is 0 Å². The Hall–Kier alpha value is -1.18. The number of hydrogen-bond acceptors (Lipinski definition) is 5. The van der Waals surface area contributed by atoms with Crippen LogP contribution < -0.4 is 10.2 Å². The SMILES string of the molecule is COCOC1c2c(OC)c(=O)c(Br)cn2CC(=O)C1(C)C. The first-order chi connectivity index (χ1) is 9.84. The van der Waals surface area contributed by atoms with E-state index in [4.69, 9.17) is 14.2 Å². The maximum atomic E-state index is 12.4. The number of ketones is 1. The van der Waals surface area contributed by atoms with Crippen LogP contribution in [0.5, 0.6) is 5.75 Å². The second-order valence-electron chi connectivity index (χ2n) is 5.45. The highest BCUT2D eigenvalue weighted by atomic mass is 79.9. The minimum atomic E-state index is -0.772. The second kappa shape index (κ2) is 5.90. The Labute approximate surface area is 131 Å². The minimum Gasteiger partial charge on any atom is -0.491 e. The molecule has 0 radical (unpaired) electrons. The lowest BCUT2D eigenvalue weighted by molar-refractivity contribution is -0.154. The molecule has 1 aliphatic rings. The van der Waals surface area contributed by atoms with E-state index >= 15 is 0 Å². The van der Waals surface area contributed by atoms with E-state index in [0.29, 0.717) is 10.2 Å². The van der Waals surface area contributed by atoms with Gasteiger partial charge in [-0.2, -0.15) is 0 Å². The molecule has 0 bridgehead atoms. The van der Waals surface area contributed by atoms with Gasteiger partial charge in [0.25, 0.3) is 0 Å². The lowest BCUT2D eigenvalue weighted by atomic mass is 9.77. The molecule has 7 heteroatoms. The molecule has 0 fully saturated rings. The molecular weight excluding hydrogens is 342 g/mol. The Balaban J connectivity index is 2.68. The maximum Gasteiger partial charge on any atom is 0.237 e. The number of aromatic nitrogens is 1. The summed E-state index contributed by atoms with van der Waals surface area (Å²) in [4.78, 5) is 24.6. The molecule has 0 amide bonds. The van der Waals surface area contributed by atoms with Crippen LogP contribution in [0.1, 0.15) is 25.6 Å². The summed E-state index contributed by atoms with van der Waals surface area (Å²) < 4.78 is 17.9. The third kappa shape index (κ3) is 2.65. The second-order valence-corrected chi connectivity index (χ2v) is 6.30. The molecule has 1 aliphatic heterocycles. The average Bonchev–Trinajstić information content (AvgIpc) is 2.42. The number of carbonyl (C=O) groups excluding carboxylic acids is 1. The highest BCUT2D eigenvalue weighted by molar-refractivity contribution is 9.10. The molecule has 0 saturated heterocycles. The van der Waals surface area contributed by atoms with E-state index in [1.54, 1.807) is 24.6 Å². The van der Waals surface area contributed by atoms with Gasteiger partial charge in [-0.25, -0.2) is 0 Å². The molecule has 6 nitrogen and oxygen atoms in total. The van der Waals surface area contributed by atoms with Crippen molar-refractivity contribution in [3.05, 3.63) is 26.6 Å². The summed E-state index contributed by atoms with van der Waals surface area (Å²) in [5.41, 5.74) is -0.473. The van der Waals surface area contributed by atoms with E-state index in [0.717, 1.165) is 0 Å². The topological polar surface area (TPSA) is 66.8 Å². The summed E-state index contributed by atoms with van der Waals surface area (Å²) in [6.45, 7) is 3.79. The van der Waals surface area contributed by atoms with Crippen LogP contribution in [-0.4, -0.2) is 31.4 Å². The van der Waals surface area contributed by atoms with Crippen LogP contribution in [-0.2, 0) is 20.8 Å². The molecule has 0 aromatic carbocycles. The van der Waals surface area contributed by atoms with E-state index in [1.165, 1.54) is 14.2 Å². The van der Waals surface area contributed by atoms with E-state index in [9.17, 15) is 9.59 Å². The Kier molecular flexibility index (Phi) is 4.55. The summed E-state index contributed by atoms with van der Waals surface area (Å²) >= 11 is 3.20. The first-order valence-corrected chi connectivity index (χ1v) is 7.24. The number of pyridine rings is 1. The van der Waals surface area contributed by atoms with Crippen LogP contribution in [0, 0.1) is 5.41 Å². The van der Waals surface area contributed by atoms with Crippen molar-refractivity contribution in [1.82, 2.24) is 4.57 Å². The predicted molar refractivity (Wildman–Crippen MR) is 79.4 cm³/mol. The lowest BCUT2D eigenvalue weighted by Crippen LogP contribution is -2.43. The van der Waals surface area contributed by atoms with Gasteiger partial charge < -0.3 is 18.8 Å². The summed E-state index contributed by atoms with van der Waals surface area (Å²) in [7, 11) is 2.93. The molecule has 0 aliphatic carbocycles. The van der Waals surface area contributed by atoms with Crippen molar-refractivity contribution < 1.29 is 19.0 Å². The third-order valence-corrected chi connectivity index (χ3v) is 4.29. The number of rotatable bonds is 4. The molecule has 2 heterocycles. The summed E-state index contributed by atoms with van der Waals surface area (Å²) in [5, 5.41) is 0. The number of carbonyl (C=O) groups is 1. The number of nitrogens with zero attached hydrogens (tertiary/aromatic N) is 1. The fourth-order valence-electron chi connectivity index (χ4n) is 2.49. The van der Waals surface area contributed by atoms with Crippen molar-refractivity contribution in [2.45, 2.75) is 26.5 Å². The molecule has 21 heavy (non-hydrogen) atoms. The van der Waals surface area contributed by atoms with Crippen molar-refractivity contribution in [3.8, 4) is 5.75 Å². The van der Waals surface area contributed by atoms with Crippen LogP contribution in [0.4, 0.5) is 0 Å². The fraction of sp³-hybridized carbons (Fsp3) is 0.571. The summed E-state index contributed by atoms with van der Waals surface area (Å²) in [5.74, 6) is 0.208. The first kappa shape index (κ1) is 16.2. The normalized spacial score (nSPS) is 20.2. The number of fused-ring (bicyclic) bond motifs is 1. The van der Waals surface area contributed by atoms with Gasteiger partial charge in [-0.05, 0) is 29.8 Å². The molecular formula is C14H18BrNO5. The standard InChI is InChI=1S/C14H18BrNO5/c1-14(2)9(17)6-16-5-8(15)11(18)12(20-4)10(16)13(14)21-7-19-3/h5,13H,6-7H2,1-4H3. The molecule has 116 valence electrons. The highest BCUT2D eigenvalue weighted by Gasteiger charge is 2.45. The largest absolute Gasteiger partial charge is 0.491 e. The van der Waals surface area contributed by atoms with E-state index < -0.39 is 11.5 Å². The van der Waals surface area contributed by atoms with Gasteiger partial charge in [0.1, 0.15) is 12.9 Å². The molecule has 1 aromatic heterocycles. The molecule has 1 atom stereocenters. The molecule has 0 spiro atoms. The monoisotopic (exact) mass is 359 g/mol. The number of hydrogen-bond donors (Lipinski definition) is 0. The number of halogens is 1. The van der Waals surface area contributed by atoms with Crippen LogP contribution >= 0.6 is 15.9 Å². The third-order valence-electron chi connectivity index (χ3n) is 3.73. The van der Waals surface area contributed by atoms with E-state index in [-0.39, 0.29) is 30.3 Å². The van der Waals surface area contributed by atoms with Crippen LogP contribution in [0.2, 0.25) is 0 Å². The molecule has 1 unspecified atom stereocenters. The lowest BCUT2D eigenvalue weighted by Gasteiger charge is -2.39. The average molecular weight is 360 g/mol. The Bertz CT molecular complexity index is 623. The molecule has 2 rings (SSSR count). The van der Waals surface area contributed by atoms with E-state index in [1.807, 2.05) is 0 Å². The Morgan fingerprint density at radius 1 is 1.38 bits per heavy atom. The van der Waals surface area contributed by atoms with Gasteiger partial charge in [-0.1, -0.05) is 0 Å². The molecule has 1 aromatic rings. The quantitative estimate of drug-likeness (QED) is 0.768. The molecule has 0 N–H and O–H groups in total. The fourth-order valence-corrected chi connectivity index (χ4v) is 2.92. The van der Waals surface area contributed by atoms with Crippen LogP contribution in [0.3, 0.4) is 0 Å². The van der Waals surface area contributed by atoms with Crippen molar-refractivity contribution in [3.63, 3.8) is 0 Å². The van der Waals surface area contributed by atoms with Crippen molar-refractivity contribution in [2.75, 3.05) is 21.0 Å². The maximum absolute atomic E-state index is 12.4. The van der Waals surface area contributed by atoms with Gasteiger partial charge in [0.05, 0.1) is 29.2 Å². The zero-order chi connectivity index (χ0) is 15.8. The van der Waals surface area contributed by atoms with Crippen molar-refractivity contribution >= 4 is 21.7 Å². The number of Topliss-reactive ketones (excluding diaryl/α,β-unsaturated/α-hetero) is 1. The minimum absolute atomic E-state index is 0.0219. The highest BCUT2D eigenvalue weighted by Crippen LogP contribution is 2.44. The van der Waals surface area contributed by atoms with Gasteiger partial charge in [-0.3, -0.25) is 9.59 Å². The van der Waals surface area contributed by atoms with Crippen LogP contribution in [0.15, 0.2) is 15.5 Å². The van der Waals surface area contributed by atoms with Crippen LogP contribution in [0.25, 0.3) is 0 Å².